The maximum absolute atomic E-state index is 6.28. The van der Waals surface area contributed by atoms with E-state index in [0.717, 1.165) is 17.9 Å². The summed E-state index contributed by atoms with van der Waals surface area (Å²) in [5.41, 5.74) is 8.86. The SMILES string of the molecule is CCC(N)C(SCc1ccco1)c1ccc(C)cc1. The summed E-state index contributed by atoms with van der Waals surface area (Å²) in [6.45, 7) is 4.24. The van der Waals surface area contributed by atoms with E-state index in [4.69, 9.17) is 10.2 Å². The quantitative estimate of drug-likeness (QED) is 0.854. The fraction of sp³-hybridized carbons (Fsp3) is 0.375. The van der Waals surface area contributed by atoms with Crippen LogP contribution in [0.2, 0.25) is 0 Å². The van der Waals surface area contributed by atoms with Crippen molar-refractivity contribution in [3.63, 3.8) is 0 Å². The lowest BCUT2D eigenvalue weighted by Crippen LogP contribution is -2.25. The first-order valence-corrected chi connectivity index (χ1v) is 7.71. The van der Waals surface area contributed by atoms with Crippen molar-refractivity contribution in [1.82, 2.24) is 0 Å². The van der Waals surface area contributed by atoms with E-state index < -0.39 is 0 Å². The Labute approximate surface area is 119 Å². The van der Waals surface area contributed by atoms with Crippen molar-refractivity contribution >= 4 is 11.8 Å². The van der Waals surface area contributed by atoms with Gasteiger partial charge in [0.25, 0.3) is 0 Å². The Bertz CT molecular complexity index is 478. The van der Waals surface area contributed by atoms with Crippen LogP contribution in [0.1, 0.15) is 35.5 Å². The molecular weight excluding hydrogens is 254 g/mol. The molecule has 0 saturated carbocycles. The molecule has 0 spiro atoms. The molecule has 0 aliphatic heterocycles. The molecule has 2 nitrogen and oxygen atoms in total. The topological polar surface area (TPSA) is 39.2 Å². The largest absolute Gasteiger partial charge is 0.468 e. The van der Waals surface area contributed by atoms with Gasteiger partial charge in [0, 0.05) is 11.3 Å². The molecule has 2 rings (SSSR count). The van der Waals surface area contributed by atoms with Crippen molar-refractivity contribution in [3.05, 3.63) is 59.5 Å². The molecule has 0 amide bonds. The van der Waals surface area contributed by atoms with Crippen LogP contribution in [0, 0.1) is 6.92 Å². The molecule has 0 radical (unpaired) electrons. The second kappa shape index (κ2) is 6.83. The van der Waals surface area contributed by atoms with Crippen molar-refractivity contribution in [2.75, 3.05) is 0 Å². The minimum Gasteiger partial charge on any atom is -0.468 e. The Morgan fingerprint density at radius 3 is 2.53 bits per heavy atom. The van der Waals surface area contributed by atoms with Gasteiger partial charge in [0.1, 0.15) is 5.76 Å². The van der Waals surface area contributed by atoms with Gasteiger partial charge >= 0.3 is 0 Å². The Balaban J connectivity index is 2.09. The van der Waals surface area contributed by atoms with Gasteiger partial charge in [-0.1, -0.05) is 36.8 Å². The van der Waals surface area contributed by atoms with Crippen LogP contribution in [0.25, 0.3) is 0 Å². The van der Waals surface area contributed by atoms with Gasteiger partial charge in [-0.25, -0.2) is 0 Å². The fourth-order valence-electron chi connectivity index (χ4n) is 2.00. The average Bonchev–Trinajstić information content (AvgIpc) is 2.93. The third-order valence-electron chi connectivity index (χ3n) is 3.25. The summed E-state index contributed by atoms with van der Waals surface area (Å²) in [6.07, 6.45) is 2.69. The molecule has 2 N–H and O–H groups in total. The Morgan fingerprint density at radius 2 is 1.95 bits per heavy atom. The van der Waals surface area contributed by atoms with Crippen LogP contribution in [0.15, 0.2) is 47.1 Å². The van der Waals surface area contributed by atoms with Crippen LogP contribution < -0.4 is 5.73 Å². The van der Waals surface area contributed by atoms with E-state index in [1.165, 1.54) is 11.1 Å². The second-order valence-corrected chi connectivity index (χ2v) is 5.92. The Hall–Kier alpha value is -1.19. The summed E-state index contributed by atoms with van der Waals surface area (Å²) >= 11 is 1.85. The zero-order chi connectivity index (χ0) is 13.7. The zero-order valence-corrected chi connectivity index (χ0v) is 12.3. The number of aryl methyl sites for hydroxylation is 1. The van der Waals surface area contributed by atoms with E-state index in [0.29, 0.717) is 5.25 Å². The number of rotatable bonds is 6. The summed E-state index contributed by atoms with van der Waals surface area (Å²) in [5.74, 6) is 1.87. The number of nitrogens with two attached hydrogens (primary N) is 1. The first-order valence-electron chi connectivity index (χ1n) is 6.67. The summed E-state index contributed by atoms with van der Waals surface area (Å²) in [7, 11) is 0. The predicted molar refractivity (Wildman–Crippen MR) is 82.2 cm³/mol. The monoisotopic (exact) mass is 275 g/mol. The van der Waals surface area contributed by atoms with Crippen molar-refractivity contribution < 1.29 is 4.42 Å². The van der Waals surface area contributed by atoms with Gasteiger partial charge in [-0.05, 0) is 31.0 Å². The summed E-state index contributed by atoms with van der Waals surface area (Å²) < 4.78 is 5.39. The lowest BCUT2D eigenvalue weighted by atomic mass is 10.0. The van der Waals surface area contributed by atoms with Gasteiger partial charge in [-0.2, -0.15) is 0 Å². The number of hydrogen-bond acceptors (Lipinski definition) is 3. The van der Waals surface area contributed by atoms with E-state index in [1.807, 2.05) is 23.9 Å². The maximum atomic E-state index is 6.28. The number of benzene rings is 1. The van der Waals surface area contributed by atoms with Gasteiger partial charge in [-0.3, -0.25) is 0 Å². The molecule has 1 heterocycles. The van der Waals surface area contributed by atoms with E-state index in [-0.39, 0.29) is 6.04 Å². The predicted octanol–water partition coefficient (Wildman–Crippen LogP) is 4.30. The molecule has 19 heavy (non-hydrogen) atoms. The van der Waals surface area contributed by atoms with Crippen LogP contribution in [0.5, 0.6) is 0 Å². The van der Waals surface area contributed by atoms with Gasteiger partial charge < -0.3 is 10.2 Å². The lowest BCUT2D eigenvalue weighted by Gasteiger charge is -2.22. The van der Waals surface area contributed by atoms with Crippen LogP contribution in [0.4, 0.5) is 0 Å². The van der Waals surface area contributed by atoms with Crippen LogP contribution >= 0.6 is 11.8 Å². The van der Waals surface area contributed by atoms with Crippen LogP contribution in [0.3, 0.4) is 0 Å². The minimum atomic E-state index is 0.169. The van der Waals surface area contributed by atoms with E-state index in [1.54, 1.807) is 6.26 Å². The standard InChI is InChI=1S/C16H21NOS/c1-3-15(17)16(13-8-6-12(2)7-9-13)19-11-14-5-4-10-18-14/h4-10,15-16H,3,11,17H2,1-2H3. The average molecular weight is 275 g/mol. The molecular formula is C16H21NOS. The normalized spacial score (nSPS) is 14.3. The van der Waals surface area contributed by atoms with E-state index in [9.17, 15) is 0 Å². The first-order chi connectivity index (χ1) is 9.20. The minimum absolute atomic E-state index is 0.169. The summed E-state index contributed by atoms with van der Waals surface area (Å²) in [5, 5.41) is 0.315. The Kier molecular flexibility index (Phi) is 5.11. The highest BCUT2D eigenvalue weighted by Gasteiger charge is 2.19. The molecule has 0 fully saturated rings. The number of thioether (sulfide) groups is 1. The third-order valence-corrected chi connectivity index (χ3v) is 4.68. The third kappa shape index (κ3) is 3.88. The molecule has 3 heteroatoms. The molecule has 0 bridgehead atoms. The Morgan fingerprint density at radius 1 is 1.21 bits per heavy atom. The number of hydrogen-bond donors (Lipinski definition) is 1. The molecule has 1 aromatic heterocycles. The highest BCUT2D eigenvalue weighted by atomic mass is 32.2. The number of furan rings is 1. The smallest absolute Gasteiger partial charge is 0.113 e. The summed E-state index contributed by atoms with van der Waals surface area (Å²) in [4.78, 5) is 0. The van der Waals surface area contributed by atoms with Gasteiger partial charge in [0.05, 0.1) is 12.0 Å². The van der Waals surface area contributed by atoms with Crippen molar-refractivity contribution in [1.29, 1.82) is 0 Å². The fourth-order valence-corrected chi connectivity index (χ4v) is 3.30. The van der Waals surface area contributed by atoms with E-state index >= 15 is 0 Å². The van der Waals surface area contributed by atoms with Crippen LogP contribution in [-0.2, 0) is 5.75 Å². The summed E-state index contributed by atoms with van der Waals surface area (Å²) in [6, 6.07) is 12.8. The second-order valence-electron chi connectivity index (χ2n) is 4.79. The van der Waals surface area contributed by atoms with Crippen molar-refractivity contribution in [2.45, 2.75) is 37.3 Å². The lowest BCUT2D eigenvalue weighted by molar-refractivity contribution is 0.529. The van der Waals surface area contributed by atoms with Gasteiger partial charge in [-0.15, -0.1) is 11.8 Å². The van der Waals surface area contributed by atoms with Crippen LogP contribution in [-0.4, -0.2) is 6.04 Å². The maximum Gasteiger partial charge on any atom is 0.113 e. The molecule has 0 saturated heterocycles. The van der Waals surface area contributed by atoms with Gasteiger partial charge in [0.2, 0.25) is 0 Å². The first kappa shape index (κ1) is 14.2. The highest BCUT2D eigenvalue weighted by Crippen LogP contribution is 2.35. The molecule has 102 valence electrons. The van der Waals surface area contributed by atoms with Crippen molar-refractivity contribution in [2.24, 2.45) is 5.73 Å². The van der Waals surface area contributed by atoms with E-state index in [2.05, 4.69) is 38.1 Å². The molecule has 2 atom stereocenters. The van der Waals surface area contributed by atoms with Crippen molar-refractivity contribution in [3.8, 4) is 0 Å². The molecule has 0 aliphatic carbocycles. The van der Waals surface area contributed by atoms with Gasteiger partial charge in [0.15, 0.2) is 0 Å². The zero-order valence-electron chi connectivity index (χ0n) is 11.5. The molecule has 2 unspecified atom stereocenters. The highest BCUT2D eigenvalue weighted by molar-refractivity contribution is 7.98. The molecule has 0 aliphatic rings. The molecule has 2 aromatic rings. The molecule has 1 aromatic carbocycles.